The smallest absolute Gasteiger partial charge is 0.253 e. The number of aromatic amines is 1. The van der Waals surface area contributed by atoms with E-state index < -0.39 is 0 Å². The van der Waals surface area contributed by atoms with Gasteiger partial charge in [0.05, 0.1) is 17.4 Å². The van der Waals surface area contributed by atoms with Crippen LogP contribution in [0.2, 0.25) is 0 Å². The van der Waals surface area contributed by atoms with Crippen molar-refractivity contribution >= 4 is 22.8 Å². The van der Waals surface area contributed by atoms with Crippen molar-refractivity contribution in [1.29, 1.82) is 0 Å². The van der Waals surface area contributed by atoms with Crippen LogP contribution in [-0.4, -0.2) is 55.2 Å². The second-order valence-corrected chi connectivity index (χ2v) is 6.02. The SMILES string of the molecule is Cn1cc(N2CCCC(NC(=O)c3cnc4n[nH]nc4c3)C2)cn1. The monoisotopic (exact) mass is 326 g/mol. The van der Waals surface area contributed by atoms with E-state index in [0.717, 1.165) is 31.6 Å². The molecular formula is C15H18N8O. The highest BCUT2D eigenvalue weighted by molar-refractivity contribution is 5.96. The third kappa shape index (κ3) is 2.80. The van der Waals surface area contributed by atoms with Crippen LogP contribution in [0.25, 0.3) is 11.2 Å². The minimum absolute atomic E-state index is 0.0967. The van der Waals surface area contributed by atoms with Gasteiger partial charge in [0.1, 0.15) is 5.52 Å². The highest BCUT2D eigenvalue weighted by Gasteiger charge is 2.23. The molecular weight excluding hydrogens is 308 g/mol. The number of aryl methyl sites for hydroxylation is 1. The van der Waals surface area contributed by atoms with E-state index in [1.165, 1.54) is 6.20 Å². The molecule has 3 aromatic heterocycles. The Morgan fingerprint density at radius 1 is 1.38 bits per heavy atom. The van der Waals surface area contributed by atoms with Gasteiger partial charge in [-0.3, -0.25) is 9.48 Å². The van der Waals surface area contributed by atoms with E-state index in [1.807, 2.05) is 19.4 Å². The van der Waals surface area contributed by atoms with Crippen molar-refractivity contribution < 1.29 is 4.79 Å². The number of piperidine rings is 1. The van der Waals surface area contributed by atoms with E-state index in [1.54, 1.807) is 10.7 Å². The molecule has 2 N–H and O–H groups in total. The number of hydrogen-bond donors (Lipinski definition) is 2. The van der Waals surface area contributed by atoms with Gasteiger partial charge in [0, 0.05) is 38.6 Å². The average Bonchev–Trinajstić information content (AvgIpc) is 3.23. The van der Waals surface area contributed by atoms with Crippen molar-refractivity contribution in [3.8, 4) is 0 Å². The van der Waals surface area contributed by atoms with Gasteiger partial charge in [-0.15, -0.1) is 5.10 Å². The van der Waals surface area contributed by atoms with Crippen LogP contribution in [0.1, 0.15) is 23.2 Å². The maximum Gasteiger partial charge on any atom is 0.253 e. The van der Waals surface area contributed by atoms with Gasteiger partial charge in [0.15, 0.2) is 0 Å². The largest absolute Gasteiger partial charge is 0.367 e. The molecule has 0 spiro atoms. The van der Waals surface area contributed by atoms with E-state index in [0.29, 0.717) is 16.7 Å². The summed E-state index contributed by atoms with van der Waals surface area (Å²) in [6.07, 6.45) is 7.36. The fourth-order valence-electron chi connectivity index (χ4n) is 3.03. The summed E-state index contributed by atoms with van der Waals surface area (Å²) in [6, 6.07) is 1.79. The molecule has 1 saturated heterocycles. The first-order chi connectivity index (χ1) is 11.7. The van der Waals surface area contributed by atoms with Gasteiger partial charge in [-0.1, -0.05) is 0 Å². The quantitative estimate of drug-likeness (QED) is 0.725. The second-order valence-electron chi connectivity index (χ2n) is 6.02. The summed E-state index contributed by atoms with van der Waals surface area (Å²) >= 11 is 0. The molecule has 1 atom stereocenters. The number of fused-ring (bicyclic) bond motifs is 1. The Bertz CT molecular complexity index is 869. The highest BCUT2D eigenvalue weighted by Crippen LogP contribution is 2.19. The second kappa shape index (κ2) is 5.91. The van der Waals surface area contributed by atoms with Gasteiger partial charge < -0.3 is 10.2 Å². The van der Waals surface area contributed by atoms with Crippen LogP contribution in [0.4, 0.5) is 5.69 Å². The molecule has 1 fully saturated rings. The number of H-pyrrole nitrogens is 1. The molecule has 3 aromatic rings. The number of nitrogens with zero attached hydrogens (tertiary/aromatic N) is 6. The van der Waals surface area contributed by atoms with Crippen LogP contribution in [0, 0.1) is 0 Å². The molecule has 0 aliphatic carbocycles. The number of hydrogen-bond acceptors (Lipinski definition) is 6. The van der Waals surface area contributed by atoms with Crippen LogP contribution in [0.15, 0.2) is 24.7 Å². The molecule has 4 heterocycles. The Kier molecular flexibility index (Phi) is 3.60. The Hall–Kier alpha value is -2.97. The zero-order valence-corrected chi connectivity index (χ0v) is 13.3. The first kappa shape index (κ1) is 14.6. The third-order valence-electron chi connectivity index (χ3n) is 4.25. The number of carbonyl (C=O) groups is 1. The number of anilines is 1. The molecule has 4 rings (SSSR count). The average molecular weight is 326 g/mol. The molecule has 0 bridgehead atoms. The Labute approximate surface area is 138 Å². The van der Waals surface area contributed by atoms with Gasteiger partial charge in [-0.25, -0.2) is 4.98 Å². The van der Waals surface area contributed by atoms with E-state index >= 15 is 0 Å². The normalized spacial score (nSPS) is 18.0. The van der Waals surface area contributed by atoms with Gasteiger partial charge in [-0.2, -0.15) is 15.4 Å². The molecule has 124 valence electrons. The van der Waals surface area contributed by atoms with Crippen LogP contribution in [0.3, 0.4) is 0 Å². The molecule has 9 nitrogen and oxygen atoms in total. The standard InChI is InChI=1S/C15H18N8O/c1-22-9-12(7-17-22)23-4-2-3-11(8-23)18-15(24)10-5-13-14(16-6-10)20-21-19-13/h5-7,9,11H,2-4,8H2,1H3,(H,18,24)(H,16,19,20,21). The molecule has 0 saturated carbocycles. The topological polar surface area (TPSA) is 105 Å². The summed E-state index contributed by atoms with van der Waals surface area (Å²) in [6.45, 7) is 1.75. The van der Waals surface area contributed by atoms with Crippen molar-refractivity contribution in [2.24, 2.45) is 7.05 Å². The summed E-state index contributed by atoms with van der Waals surface area (Å²) in [7, 11) is 1.90. The fraction of sp³-hybridized carbons (Fsp3) is 0.400. The fourth-order valence-corrected chi connectivity index (χ4v) is 3.03. The summed E-state index contributed by atoms with van der Waals surface area (Å²) in [5.74, 6) is -0.134. The lowest BCUT2D eigenvalue weighted by Crippen LogP contribution is -2.47. The molecule has 9 heteroatoms. The highest BCUT2D eigenvalue weighted by atomic mass is 16.1. The zero-order chi connectivity index (χ0) is 16.5. The first-order valence-electron chi connectivity index (χ1n) is 7.90. The van der Waals surface area contributed by atoms with E-state index in [2.05, 4.69) is 35.7 Å². The lowest BCUT2D eigenvalue weighted by atomic mass is 10.0. The molecule has 1 aliphatic rings. The molecule has 1 unspecified atom stereocenters. The first-order valence-corrected chi connectivity index (χ1v) is 7.90. The predicted octanol–water partition coefficient (Wildman–Crippen LogP) is 0.485. The van der Waals surface area contributed by atoms with E-state index in [-0.39, 0.29) is 11.9 Å². The lowest BCUT2D eigenvalue weighted by Gasteiger charge is -2.33. The number of nitrogens with one attached hydrogen (secondary N) is 2. The number of pyridine rings is 1. The van der Waals surface area contributed by atoms with Crippen molar-refractivity contribution in [3.63, 3.8) is 0 Å². The number of aromatic nitrogens is 6. The van der Waals surface area contributed by atoms with Crippen LogP contribution in [0.5, 0.6) is 0 Å². The van der Waals surface area contributed by atoms with Crippen molar-refractivity contribution in [2.45, 2.75) is 18.9 Å². The van der Waals surface area contributed by atoms with Crippen molar-refractivity contribution in [3.05, 3.63) is 30.2 Å². The molecule has 0 radical (unpaired) electrons. The maximum atomic E-state index is 12.5. The zero-order valence-electron chi connectivity index (χ0n) is 13.3. The number of amides is 1. The van der Waals surface area contributed by atoms with Gasteiger partial charge in [-0.05, 0) is 18.9 Å². The van der Waals surface area contributed by atoms with Crippen LogP contribution >= 0.6 is 0 Å². The van der Waals surface area contributed by atoms with E-state index in [9.17, 15) is 4.79 Å². The minimum Gasteiger partial charge on any atom is -0.367 e. The Balaban J connectivity index is 1.44. The number of rotatable bonds is 3. The third-order valence-corrected chi connectivity index (χ3v) is 4.25. The molecule has 24 heavy (non-hydrogen) atoms. The minimum atomic E-state index is -0.134. The van der Waals surface area contributed by atoms with Gasteiger partial charge in [0.2, 0.25) is 5.65 Å². The lowest BCUT2D eigenvalue weighted by molar-refractivity contribution is 0.0933. The Morgan fingerprint density at radius 3 is 3.12 bits per heavy atom. The summed E-state index contributed by atoms with van der Waals surface area (Å²) in [5.41, 5.74) is 2.67. The Morgan fingerprint density at radius 2 is 2.29 bits per heavy atom. The molecule has 1 amide bonds. The summed E-state index contributed by atoms with van der Waals surface area (Å²) < 4.78 is 1.79. The maximum absolute atomic E-state index is 12.5. The number of carbonyl (C=O) groups excluding carboxylic acids is 1. The molecule has 0 aromatic carbocycles. The van der Waals surface area contributed by atoms with E-state index in [4.69, 9.17) is 0 Å². The summed E-state index contributed by atoms with van der Waals surface area (Å²) in [4.78, 5) is 18.9. The molecule has 1 aliphatic heterocycles. The van der Waals surface area contributed by atoms with Crippen molar-refractivity contribution in [1.82, 2.24) is 35.5 Å². The van der Waals surface area contributed by atoms with Gasteiger partial charge in [0.25, 0.3) is 5.91 Å². The van der Waals surface area contributed by atoms with Crippen LogP contribution in [-0.2, 0) is 7.05 Å². The predicted molar refractivity (Wildman–Crippen MR) is 87.6 cm³/mol. The summed E-state index contributed by atoms with van der Waals surface area (Å²) in [5, 5.41) is 17.7. The van der Waals surface area contributed by atoms with Gasteiger partial charge >= 0.3 is 0 Å². The van der Waals surface area contributed by atoms with Crippen molar-refractivity contribution in [2.75, 3.05) is 18.0 Å². The van der Waals surface area contributed by atoms with Crippen LogP contribution < -0.4 is 10.2 Å².